The van der Waals surface area contributed by atoms with E-state index >= 15 is 0 Å². The van der Waals surface area contributed by atoms with Crippen LogP contribution in [0.4, 0.5) is 14.5 Å². The van der Waals surface area contributed by atoms with Crippen LogP contribution in [0.1, 0.15) is 11.1 Å². The number of rotatable bonds is 3. The Labute approximate surface area is 116 Å². The van der Waals surface area contributed by atoms with Gasteiger partial charge in [-0.2, -0.15) is 0 Å². The van der Waals surface area contributed by atoms with E-state index in [4.69, 9.17) is 0 Å². The fourth-order valence-electron chi connectivity index (χ4n) is 2.08. The molecule has 0 heterocycles. The van der Waals surface area contributed by atoms with E-state index < -0.39 is 21.7 Å². The van der Waals surface area contributed by atoms with Gasteiger partial charge in [0, 0.05) is 0 Å². The summed E-state index contributed by atoms with van der Waals surface area (Å²) in [4.78, 5) is 0.00293. The summed E-state index contributed by atoms with van der Waals surface area (Å²) in [5.41, 5.74) is 0.714. The SMILES string of the molecule is Cc1cc(F)cc(C)c1S(=O)(=O)Nc1cccc(F)c1. The second kappa shape index (κ2) is 5.20. The molecule has 0 bridgehead atoms. The second-order valence-electron chi connectivity index (χ2n) is 4.48. The van der Waals surface area contributed by atoms with Gasteiger partial charge in [-0.25, -0.2) is 17.2 Å². The summed E-state index contributed by atoms with van der Waals surface area (Å²) in [6.07, 6.45) is 0. The zero-order chi connectivity index (χ0) is 14.9. The maximum absolute atomic E-state index is 13.2. The number of aryl methyl sites for hydroxylation is 2. The van der Waals surface area contributed by atoms with E-state index in [0.717, 1.165) is 18.2 Å². The van der Waals surface area contributed by atoms with Crippen LogP contribution in [0, 0.1) is 25.5 Å². The number of hydrogen-bond acceptors (Lipinski definition) is 2. The minimum absolute atomic E-state index is 0.00293. The topological polar surface area (TPSA) is 46.2 Å². The normalized spacial score (nSPS) is 11.4. The fourth-order valence-corrected chi connectivity index (χ4v) is 3.58. The Hall–Kier alpha value is -1.95. The molecule has 3 nitrogen and oxygen atoms in total. The number of hydrogen-bond donors (Lipinski definition) is 1. The molecule has 2 aromatic rings. The minimum atomic E-state index is -3.89. The molecule has 2 aromatic carbocycles. The molecular formula is C14H13F2NO2S. The van der Waals surface area contributed by atoms with Gasteiger partial charge in [-0.15, -0.1) is 0 Å². The third-order valence-electron chi connectivity index (χ3n) is 2.77. The molecule has 0 aliphatic heterocycles. The first-order valence-electron chi connectivity index (χ1n) is 5.85. The lowest BCUT2D eigenvalue weighted by Crippen LogP contribution is -2.16. The summed E-state index contributed by atoms with van der Waals surface area (Å²) in [7, 11) is -3.89. The Morgan fingerprint density at radius 1 is 0.950 bits per heavy atom. The quantitative estimate of drug-likeness (QED) is 0.944. The molecule has 0 atom stereocenters. The summed E-state index contributed by atoms with van der Waals surface area (Å²) >= 11 is 0. The summed E-state index contributed by atoms with van der Waals surface area (Å²) in [6.45, 7) is 3.02. The van der Waals surface area contributed by atoms with E-state index in [1.807, 2.05) is 0 Å². The maximum atomic E-state index is 13.2. The fraction of sp³-hybridized carbons (Fsp3) is 0.143. The first-order valence-corrected chi connectivity index (χ1v) is 7.33. The third kappa shape index (κ3) is 2.96. The van der Waals surface area contributed by atoms with Crippen LogP contribution in [-0.4, -0.2) is 8.42 Å². The van der Waals surface area contributed by atoms with Crippen molar-refractivity contribution in [1.29, 1.82) is 0 Å². The van der Waals surface area contributed by atoms with Gasteiger partial charge in [-0.1, -0.05) is 6.07 Å². The van der Waals surface area contributed by atoms with Crippen molar-refractivity contribution in [2.24, 2.45) is 0 Å². The van der Waals surface area contributed by atoms with Crippen molar-refractivity contribution >= 4 is 15.7 Å². The molecule has 0 spiro atoms. The average Bonchev–Trinajstić information content (AvgIpc) is 2.25. The first kappa shape index (κ1) is 14.5. The van der Waals surface area contributed by atoms with Gasteiger partial charge in [0.1, 0.15) is 11.6 Å². The Bertz CT molecular complexity index is 735. The van der Waals surface area contributed by atoms with Crippen LogP contribution in [0.25, 0.3) is 0 Å². The highest BCUT2D eigenvalue weighted by Crippen LogP contribution is 2.24. The van der Waals surface area contributed by atoms with Crippen LogP contribution in [0.15, 0.2) is 41.3 Å². The highest BCUT2D eigenvalue weighted by atomic mass is 32.2. The predicted octanol–water partition coefficient (Wildman–Crippen LogP) is 3.38. The molecular weight excluding hydrogens is 284 g/mol. The standard InChI is InChI=1S/C14H13F2NO2S/c1-9-6-12(16)7-10(2)14(9)20(18,19)17-13-5-3-4-11(15)8-13/h3-8,17H,1-2H3. The number of benzene rings is 2. The van der Waals surface area contributed by atoms with E-state index in [1.54, 1.807) is 0 Å². The monoisotopic (exact) mass is 297 g/mol. The molecule has 106 valence electrons. The zero-order valence-corrected chi connectivity index (χ0v) is 11.8. The molecule has 0 unspecified atom stereocenters. The summed E-state index contributed by atoms with van der Waals surface area (Å²) < 4.78 is 53.2. The molecule has 1 N–H and O–H groups in total. The van der Waals surface area contributed by atoms with E-state index in [-0.39, 0.29) is 10.6 Å². The third-order valence-corrected chi connectivity index (χ3v) is 4.46. The molecule has 2 rings (SSSR count). The average molecular weight is 297 g/mol. The molecule has 0 saturated heterocycles. The second-order valence-corrected chi connectivity index (χ2v) is 6.10. The lowest BCUT2D eigenvalue weighted by Gasteiger charge is -2.13. The maximum Gasteiger partial charge on any atom is 0.262 e. The van der Waals surface area contributed by atoms with Crippen LogP contribution >= 0.6 is 0 Å². The zero-order valence-electron chi connectivity index (χ0n) is 10.9. The van der Waals surface area contributed by atoms with E-state index in [0.29, 0.717) is 11.1 Å². The van der Waals surface area contributed by atoms with Gasteiger partial charge in [-0.3, -0.25) is 4.72 Å². The van der Waals surface area contributed by atoms with Crippen LogP contribution in [0.5, 0.6) is 0 Å². The molecule has 0 amide bonds. The van der Waals surface area contributed by atoms with Crippen LogP contribution in [0.2, 0.25) is 0 Å². The molecule has 0 radical (unpaired) electrons. The largest absolute Gasteiger partial charge is 0.280 e. The van der Waals surface area contributed by atoms with Crippen molar-refractivity contribution in [3.05, 3.63) is 59.2 Å². The minimum Gasteiger partial charge on any atom is -0.280 e. The van der Waals surface area contributed by atoms with Crippen LogP contribution in [-0.2, 0) is 10.0 Å². The number of nitrogens with one attached hydrogen (secondary N) is 1. The predicted molar refractivity (Wildman–Crippen MR) is 73.1 cm³/mol. The van der Waals surface area contributed by atoms with Crippen LogP contribution < -0.4 is 4.72 Å². The van der Waals surface area contributed by atoms with Gasteiger partial charge in [-0.05, 0) is 55.3 Å². The molecule has 0 saturated carbocycles. The van der Waals surface area contributed by atoms with Crippen molar-refractivity contribution in [3.63, 3.8) is 0 Å². The Balaban J connectivity index is 2.46. The van der Waals surface area contributed by atoms with E-state index in [2.05, 4.69) is 4.72 Å². The highest BCUT2D eigenvalue weighted by Gasteiger charge is 2.20. The first-order chi connectivity index (χ1) is 9.29. The van der Waals surface area contributed by atoms with Crippen molar-refractivity contribution < 1.29 is 17.2 Å². The summed E-state index contributed by atoms with van der Waals surface area (Å²) in [6, 6.07) is 7.42. The molecule has 0 aliphatic rings. The molecule has 6 heteroatoms. The van der Waals surface area contributed by atoms with E-state index in [9.17, 15) is 17.2 Å². The van der Waals surface area contributed by atoms with Gasteiger partial charge in [0.15, 0.2) is 0 Å². The Morgan fingerprint density at radius 2 is 1.55 bits per heavy atom. The van der Waals surface area contributed by atoms with Gasteiger partial charge < -0.3 is 0 Å². The lowest BCUT2D eigenvalue weighted by atomic mass is 10.1. The van der Waals surface area contributed by atoms with E-state index in [1.165, 1.54) is 32.0 Å². The van der Waals surface area contributed by atoms with Gasteiger partial charge in [0.05, 0.1) is 10.6 Å². The Kier molecular flexibility index (Phi) is 3.76. The number of halogens is 2. The molecule has 20 heavy (non-hydrogen) atoms. The molecule has 0 aromatic heterocycles. The molecule has 0 fully saturated rings. The number of anilines is 1. The van der Waals surface area contributed by atoms with Crippen molar-refractivity contribution in [2.75, 3.05) is 4.72 Å². The van der Waals surface area contributed by atoms with Crippen molar-refractivity contribution in [1.82, 2.24) is 0 Å². The molecule has 0 aliphatic carbocycles. The number of sulfonamides is 1. The van der Waals surface area contributed by atoms with Gasteiger partial charge >= 0.3 is 0 Å². The van der Waals surface area contributed by atoms with Gasteiger partial charge in [0.2, 0.25) is 0 Å². The smallest absolute Gasteiger partial charge is 0.262 e. The van der Waals surface area contributed by atoms with Gasteiger partial charge in [0.25, 0.3) is 10.0 Å². The lowest BCUT2D eigenvalue weighted by molar-refractivity contribution is 0.597. The Morgan fingerprint density at radius 3 is 2.10 bits per heavy atom. The van der Waals surface area contributed by atoms with Crippen molar-refractivity contribution in [3.8, 4) is 0 Å². The summed E-state index contributed by atoms with van der Waals surface area (Å²) in [5.74, 6) is -1.04. The van der Waals surface area contributed by atoms with Crippen molar-refractivity contribution in [2.45, 2.75) is 18.7 Å². The summed E-state index contributed by atoms with van der Waals surface area (Å²) in [5, 5.41) is 0. The highest BCUT2D eigenvalue weighted by molar-refractivity contribution is 7.92. The van der Waals surface area contributed by atoms with Crippen LogP contribution in [0.3, 0.4) is 0 Å².